The van der Waals surface area contributed by atoms with Crippen LogP contribution >= 0.6 is 0 Å². The van der Waals surface area contributed by atoms with Gasteiger partial charge in [0, 0.05) is 13.1 Å². The molecule has 1 fully saturated rings. The largest absolute Gasteiger partial charge is 0.444 e. The number of likely N-dealkylation sites (tertiary alicyclic amines) is 1. The van der Waals surface area contributed by atoms with Gasteiger partial charge >= 0.3 is 6.09 Å². The second-order valence-corrected chi connectivity index (χ2v) is 14.2. The highest BCUT2D eigenvalue weighted by Crippen LogP contribution is 2.28. The van der Waals surface area contributed by atoms with Crippen LogP contribution in [-0.4, -0.2) is 75.1 Å². The van der Waals surface area contributed by atoms with Crippen molar-refractivity contribution in [2.75, 3.05) is 25.0 Å². The van der Waals surface area contributed by atoms with E-state index in [9.17, 15) is 19.2 Å². The number of hydrogen-bond donors (Lipinski definition) is 3. The maximum Gasteiger partial charge on any atom is 0.408 e. The molecule has 1 aromatic heterocycles. The lowest BCUT2D eigenvalue weighted by atomic mass is 9.97. The second-order valence-electron chi connectivity index (χ2n) is 14.2. The second kappa shape index (κ2) is 16.1. The standard InChI is InChI=1S/C37H50N6O6/c1-25-18-20-42(21-19-25)33(45)30(28-16-12-9-13-17-28)43-24-38-31(26(43)2)40-32(44)29(23-48-22-27-14-10-8-11-15-27)39-34(46)37(6,7)41-35(47)49-36(3,4)5/h8-17,24-25,29-30H,18-23H2,1-7H3,(H,39,46)(H,40,44)(H,41,47)/t29-,30?/m1/s1. The molecule has 49 heavy (non-hydrogen) atoms. The molecule has 1 unspecified atom stereocenters. The van der Waals surface area contributed by atoms with Gasteiger partial charge in [0.1, 0.15) is 23.2 Å². The molecule has 1 aliphatic rings. The van der Waals surface area contributed by atoms with Gasteiger partial charge in [-0.2, -0.15) is 0 Å². The Morgan fingerprint density at radius 1 is 0.939 bits per heavy atom. The fourth-order valence-corrected chi connectivity index (χ4v) is 5.47. The van der Waals surface area contributed by atoms with E-state index in [1.54, 1.807) is 38.6 Å². The van der Waals surface area contributed by atoms with Crippen molar-refractivity contribution in [1.82, 2.24) is 25.1 Å². The van der Waals surface area contributed by atoms with E-state index >= 15 is 0 Å². The Morgan fingerprint density at radius 2 is 1.55 bits per heavy atom. The molecule has 1 aliphatic heterocycles. The van der Waals surface area contributed by atoms with Crippen LogP contribution in [0.1, 0.15) is 77.2 Å². The van der Waals surface area contributed by atoms with Crippen LogP contribution in [0.3, 0.4) is 0 Å². The van der Waals surface area contributed by atoms with Crippen molar-refractivity contribution in [2.24, 2.45) is 5.92 Å². The van der Waals surface area contributed by atoms with Crippen LogP contribution in [0.5, 0.6) is 0 Å². The van der Waals surface area contributed by atoms with Gasteiger partial charge in [-0.25, -0.2) is 9.78 Å². The fraction of sp³-hybridized carbons (Fsp3) is 0.486. The summed E-state index contributed by atoms with van der Waals surface area (Å²) in [6.45, 7) is 13.6. The molecule has 2 heterocycles. The van der Waals surface area contributed by atoms with Crippen molar-refractivity contribution in [1.29, 1.82) is 0 Å². The molecule has 0 saturated carbocycles. The number of amides is 4. The highest BCUT2D eigenvalue weighted by atomic mass is 16.6. The normalized spacial score (nSPS) is 15.2. The van der Waals surface area contributed by atoms with Crippen LogP contribution in [0.2, 0.25) is 0 Å². The minimum atomic E-state index is -1.42. The van der Waals surface area contributed by atoms with Crippen molar-refractivity contribution >= 4 is 29.6 Å². The van der Waals surface area contributed by atoms with Gasteiger partial charge in [-0.3, -0.25) is 14.4 Å². The first-order valence-corrected chi connectivity index (χ1v) is 16.8. The van der Waals surface area contributed by atoms with E-state index in [2.05, 4.69) is 27.9 Å². The predicted molar refractivity (Wildman–Crippen MR) is 187 cm³/mol. The average Bonchev–Trinajstić information content (AvgIpc) is 3.39. The first-order chi connectivity index (χ1) is 23.1. The SMILES string of the molecule is Cc1c(NC(=O)[C@@H](COCc2ccccc2)NC(=O)C(C)(C)NC(=O)OC(C)(C)C)ncn1C(C(=O)N1CCC(C)CC1)c1ccccc1. The minimum Gasteiger partial charge on any atom is -0.444 e. The van der Waals surface area contributed by atoms with E-state index in [1.165, 1.54) is 13.8 Å². The molecule has 1 saturated heterocycles. The van der Waals surface area contributed by atoms with Gasteiger partial charge in [-0.15, -0.1) is 0 Å². The smallest absolute Gasteiger partial charge is 0.408 e. The number of carbonyl (C=O) groups excluding carboxylic acids is 4. The highest BCUT2D eigenvalue weighted by Gasteiger charge is 2.36. The Balaban J connectivity index is 1.54. The maximum absolute atomic E-state index is 14.0. The number of ether oxygens (including phenoxy) is 2. The molecule has 4 rings (SSSR count). The minimum absolute atomic E-state index is 0.0318. The Labute approximate surface area is 288 Å². The number of nitrogens with one attached hydrogen (secondary N) is 3. The zero-order chi connectivity index (χ0) is 35.8. The molecule has 4 amide bonds. The van der Waals surface area contributed by atoms with Crippen LogP contribution < -0.4 is 16.0 Å². The van der Waals surface area contributed by atoms with E-state index in [1.807, 2.05) is 65.6 Å². The van der Waals surface area contributed by atoms with Gasteiger partial charge in [-0.05, 0) is 71.4 Å². The quantitative estimate of drug-likeness (QED) is 0.246. The Kier molecular flexibility index (Phi) is 12.2. The van der Waals surface area contributed by atoms with Crippen molar-refractivity contribution in [3.8, 4) is 0 Å². The van der Waals surface area contributed by atoms with Gasteiger partial charge in [-0.1, -0.05) is 67.6 Å². The molecule has 12 heteroatoms. The lowest BCUT2D eigenvalue weighted by Crippen LogP contribution is -2.59. The van der Waals surface area contributed by atoms with Gasteiger partial charge < -0.3 is 34.9 Å². The summed E-state index contributed by atoms with van der Waals surface area (Å²) < 4.78 is 13.0. The molecule has 264 valence electrons. The summed E-state index contributed by atoms with van der Waals surface area (Å²) in [4.78, 5) is 60.1. The average molecular weight is 675 g/mol. The van der Waals surface area contributed by atoms with E-state index in [4.69, 9.17) is 9.47 Å². The van der Waals surface area contributed by atoms with Gasteiger partial charge in [0.2, 0.25) is 11.8 Å². The summed E-state index contributed by atoms with van der Waals surface area (Å²) in [6.07, 6.45) is 2.68. The molecule has 3 N–H and O–H groups in total. The lowest BCUT2D eigenvalue weighted by Gasteiger charge is -2.33. The van der Waals surface area contributed by atoms with Crippen LogP contribution in [0.15, 0.2) is 67.0 Å². The fourth-order valence-electron chi connectivity index (χ4n) is 5.47. The number of piperidine rings is 1. The number of aromatic nitrogens is 2. The van der Waals surface area contributed by atoms with E-state index in [-0.39, 0.29) is 24.9 Å². The van der Waals surface area contributed by atoms with E-state index in [0.717, 1.165) is 24.0 Å². The predicted octanol–water partition coefficient (Wildman–Crippen LogP) is 4.98. The number of benzene rings is 2. The Bertz CT molecular complexity index is 1580. The first kappa shape index (κ1) is 37.1. The molecule has 0 radical (unpaired) electrons. The van der Waals surface area contributed by atoms with Crippen molar-refractivity contribution in [3.63, 3.8) is 0 Å². The Hall–Kier alpha value is -4.71. The van der Waals surface area contributed by atoms with Gasteiger partial charge in [0.15, 0.2) is 5.82 Å². The van der Waals surface area contributed by atoms with Gasteiger partial charge in [0.25, 0.3) is 5.91 Å². The summed E-state index contributed by atoms with van der Waals surface area (Å²) in [7, 11) is 0. The number of carbonyl (C=O) groups is 4. The third-order valence-corrected chi connectivity index (χ3v) is 8.40. The van der Waals surface area contributed by atoms with Crippen LogP contribution in [-0.2, 0) is 30.5 Å². The zero-order valence-corrected chi connectivity index (χ0v) is 29.6. The summed E-state index contributed by atoms with van der Waals surface area (Å²) >= 11 is 0. The summed E-state index contributed by atoms with van der Waals surface area (Å²) in [5.74, 6) is -0.403. The molecule has 0 aliphatic carbocycles. The number of rotatable bonds is 12. The Morgan fingerprint density at radius 3 is 2.16 bits per heavy atom. The topological polar surface area (TPSA) is 144 Å². The molecule has 0 spiro atoms. The number of nitrogens with zero attached hydrogens (tertiary/aromatic N) is 3. The van der Waals surface area contributed by atoms with Gasteiger partial charge in [0.05, 0.1) is 25.2 Å². The lowest BCUT2D eigenvalue weighted by molar-refractivity contribution is -0.135. The first-order valence-electron chi connectivity index (χ1n) is 16.8. The molecule has 3 aromatic rings. The van der Waals surface area contributed by atoms with Crippen molar-refractivity contribution in [2.45, 2.75) is 91.1 Å². The van der Waals surface area contributed by atoms with E-state index in [0.29, 0.717) is 24.7 Å². The van der Waals surface area contributed by atoms with Crippen molar-refractivity contribution in [3.05, 3.63) is 83.8 Å². The number of alkyl carbamates (subject to hydrolysis) is 1. The number of imidazole rings is 1. The number of anilines is 1. The third-order valence-electron chi connectivity index (χ3n) is 8.40. The number of hydrogen-bond acceptors (Lipinski definition) is 7. The molecule has 0 bridgehead atoms. The third kappa shape index (κ3) is 10.4. The summed E-state index contributed by atoms with van der Waals surface area (Å²) in [5.41, 5.74) is 0.0937. The van der Waals surface area contributed by atoms with E-state index < -0.39 is 41.1 Å². The van der Waals surface area contributed by atoms with Crippen LogP contribution in [0.25, 0.3) is 0 Å². The summed E-state index contributed by atoms with van der Waals surface area (Å²) in [5, 5.41) is 8.14. The van der Waals surface area contributed by atoms with Crippen molar-refractivity contribution < 1.29 is 28.7 Å². The monoisotopic (exact) mass is 674 g/mol. The molecule has 12 nitrogen and oxygen atoms in total. The molecular formula is C37H50N6O6. The zero-order valence-electron chi connectivity index (χ0n) is 29.6. The maximum atomic E-state index is 14.0. The van der Waals surface area contributed by atoms with Crippen LogP contribution in [0.4, 0.5) is 10.6 Å². The molecular weight excluding hydrogens is 624 g/mol. The molecule has 2 aromatic carbocycles. The highest BCUT2D eigenvalue weighted by molar-refractivity contribution is 5.99. The van der Waals surface area contributed by atoms with Crippen LogP contribution in [0, 0.1) is 12.8 Å². The summed E-state index contributed by atoms with van der Waals surface area (Å²) in [6, 6.07) is 17.1. The molecule has 2 atom stereocenters.